The molecule has 1 aromatic rings. The summed E-state index contributed by atoms with van der Waals surface area (Å²) in [6.07, 6.45) is 0. The highest BCUT2D eigenvalue weighted by Gasteiger charge is 1.98. The molecule has 0 bridgehead atoms. The van der Waals surface area contributed by atoms with E-state index in [0.29, 0.717) is 10.8 Å². The third kappa shape index (κ3) is 3.78. The Morgan fingerprint density at radius 1 is 1.31 bits per heavy atom. The van der Waals surface area contributed by atoms with Crippen LogP contribution in [0.15, 0.2) is 30.8 Å². The largest absolute Gasteiger partial charge is 0.508 e. The van der Waals surface area contributed by atoms with Gasteiger partial charge in [0.15, 0.2) is 5.11 Å². The SMILES string of the molecule is C=C(NNC(=S)NCC)c1ccc(O)cc1. The summed E-state index contributed by atoms with van der Waals surface area (Å²) in [5.74, 6) is 0.229. The summed E-state index contributed by atoms with van der Waals surface area (Å²) in [6, 6.07) is 6.74. The van der Waals surface area contributed by atoms with Crippen molar-refractivity contribution < 1.29 is 5.11 Å². The zero-order valence-corrected chi connectivity index (χ0v) is 9.90. The zero-order valence-electron chi connectivity index (χ0n) is 9.08. The molecule has 1 rings (SSSR count). The van der Waals surface area contributed by atoms with Gasteiger partial charge in [-0.05, 0) is 49.0 Å². The van der Waals surface area contributed by atoms with Crippen LogP contribution < -0.4 is 16.2 Å². The summed E-state index contributed by atoms with van der Waals surface area (Å²) in [6.45, 7) is 6.57. The molecule has 0 saturated heterocycles. The first-order valence-corrected chi connectivity index (χ1v) is 5.32. The quantitative estimate of drug-likeness (QED) is 0.470. The van der Waals surface area contributed by atoms with Crippen LogP contribution in [0.4, 0.5) is 0 Å². The van der Waals surface area contributed by atoms with E-state index in [0.717, 1.165) is 12.1 Å². The standard InChI is InChI=1S/C11H15N3OS/c1-3-12-11(16)14-13-8(2)9-4-6-10(15)7-5-9/h4-7,13,15H,2-3H2,1H3,(H2,12,14,16). The zero-order chi connectivity index (χ0) is 12.0. The Kier molecular flexibility index (Phi) is 4.60. The van der Waals surface area contributed by atoms with Gasteiger partial charge in [-0.25, -0.2) is 0 Å². The van der Waals surface area contributed by atoms with Crippen molar-refractivity contribution in [3.63, 3.8) is 0 Å². The van der Waals surface area contributed by atoms with Crippen molar-refractivity contribution in [1.29, 1.82) is 0 Å². The van der Waals surface area contributed by atoms with Gasteiger partial charge in [0.25, 0.3) is 0 Å². The van der Waals surface area contributed by atoms with Gasteiger partial charge in [-0.2, -0.15) is 0 Å². The Balaban J connectivity index is 2.47. The monoisotopic (exact) mass is 237 g/mol. The predicted octanol–water partition coefficient (Wildman–Crippen LogP) is 1.35. The van der Waals surface area contributed by atoms with Crippen LogP contribution in [0.2, 0.25) is 0 Å². The first kappa shape index (κ1) is 12.3. The van der Waals surface area contributed by atoms with Crippen molar-refractivity contribution in [2.24, 2.45) is 0 Å². The summed E-state index contributed by atoms with van der Waals surface area (Å²) in [7, 11) is 0. The first-order chi connectivity index (χ1) is 7.63. The number of thiocarbonyl (C=S) groups is 1. The van der Waals surface area contributed by atoms with E-state index in [9.17, 15) is 0 Å². The molecule has 0 radical (unpaired) electrons. The molecule has 0 fully saturated rings. The van der Waals surface area contributed by atoms with Crippen LogP contribution in [-0.4, -0.2) is 16.8 Å². The molecule has 1 aromatic carbocycles. The smallest absolute Gasteiger partial charge is 0.185 e. The lowest BCUT2D eigenvalue weighted by Crippen LogP contribution is -2.42. The predicted molar refractivity (Wildman–Crippen MR) is 69.7 cm³/mol. The molecule has 16 heavy (non-hydrogen) atoms. The number of nitrogens with one attached hydrogen (secondary N) is 3. The summed E-state index contributed by atoms with van der Waals surface area (Å²) in [5, 5.41) is 12.6. The van der Waals surface area contributed by atoms with Crippen LogP contribution in [0.5, 0.6) is 5.75 Å². The van der Waals surface area contributed by atoms with Crippen LogP contribution in [0.1, 0.15) is 12.5 Å². The van der Waals surface area contributed by atoms with E-state index in [4.69, 9.17) is 17.3 Å². The number of hydrogen-bond acceptors (Lipinski definition) is 3. The molecule has 0 atom stereocenters. The summed E-state index contributed by atoms with van der Waals surface area (Å²) < 4.78 is 0. The Morgan fingerprint density at radius 2 is 1.94 bits per heavy atom. The van der Waals surface area contributed by atoms with E-state index < -0.39 is 0 Å². The number of phenols is 1. The molecule has 4 nitrogen and oxygen atoms in total. The van der Waals surface area contributed by atoms with Gasteiger partial charge in [0, 0.05) is 6.54 Å². The fraction of sp³-hybridized carbons (Fsp3) is 0.182. The Bertz CT molecular complexity index is 375. The van der Waals surface area contributed by atoms with Gasteiger partial charge in [0.1, 0.15) is 5.75 Å². The highest BCUT2D eigenvalue weighted by Crippen LogP contribution is 2.13. The third-order valence-corrected chi connectivity index (χ3v) is 2.13. The molecule has 0 aromatic heterocycles. The molecule has 0 spiro atoms. The Morgan fingerprint density at radius 3 is 2.50 bits per heavy atom. The maximum absolute atomic E-state index is 9.13. The lowest BCUT2D eigenvalue weighted by molar-refractivity contribution is 0.475. The molecule has 0 unspecified atom stereocenters. The normalized spacial score (nSPS) is 9.31. The molecular weight excluding hydrogens is 222 g/mol. The van der Waals surface area contributed by atoms with Crippen LogP contribution in [-0.2, 0) is 0 Å². The highest BCUT2D eigenvalue weighted by atomic mass is 32.1. The molecule has 0 saturated carbocycles. The van der Waals surface area contributed by atoms with Gasteiger partial charge in [-0.1, -0.05) is 6.58 Å². The molecular formula is C11H15N3OS. The number of benzene rings is 1. The first-order valence-electron chi connectivity index (χ1n) is 4.91. The number of hydrazine groups is 1. The minimum Gasteiger partial charge on any atom is -0.508 e. The lowest BCUT2D eigenvalue weighted by Gasteiger charge is -2.13. The fourth-order valence-corrected chi connectivity index (χ4v) is 1.27. The van der Waals surface area contributed by atoms with Crippen LogP contribution in [0, 0.1) is 0 Å². The number of rotatable bonds is 4. The van der Waals surface area contributed by atoms with Crippen LogP contribution in [0.25, 0.3) is 5.70 Å². The van der Waals surface area contributed by atoms with Gasteiger partial charge in [0.05, 0.1) is 5.70 Å². The molecule has 0 aliphatic carbocycles. The second-order valence-corrected chi connectivity index (χ2v) is 3.54. The summed E-state index contributed by atoms with van der Waals surface area (Å²) in [5.41, 5.74) is 7.24. The van der Waals surface area contributed by atoms with Gasteiger partial charge in [-0.3, -0.25) is 10.9 Å². The van der Waals surface area contributed by atoms with E-state index in [2.05, 4.69) is 22.7 Å². The molecule has 0 amide bonds. The second-order valence-electron chi connectivity index (χ2n) is 3.13. The van der Waals surface area contributed by atoms with E-state index in [-0.39, 0.29) is 5.75 Å². The fourth-order valence-electron chi connectivity index (χ4n) is 1.07. The molecule has 0 aliphatic heterocycles. The second kappa shape index (κ2) is 5.97. The van der Waals surface area contributed by atoms with Crippen molar-refractivity contribution in [2.75, 3.05) is 6.54 Å². The van der Waals surface area contributed by atoms with Crippen molar-refractivity contribution in [3.05, 3.63) is 36.4 Å². The van der Waals surface area contributed by atoms with Crippen molar-refractivity contribution in [3.8, 4) is 5.75 Å². The molecule has 86 valence electrons. The number of hydrogen-bond donors (Lipinski definition) is 4. The average Bonchev–Trinajstić information content (AvgIpc) is 2.27. The molecule has 5 heteroatoms. The number of aromatic hydroxyl groups is 1. The summed E-state index contributed by atoms with van der Waals surface area (Å²) in [4.78, 5) is 0. The van der Waals surface area contributed by atoms with E-state index in [1.54, 1.807) is 24.3 Å². The van der Waals surface area contributed by atoms with Crippen LogP contribution in [0.3, 0.4) is 0 Å². The van der Waals surface area contributed by atoms with Gasteiger partial charge in [0.2, 0.25) is 0 Å². The van der Waals surface area contributed by atoms with E-state index >= 15 is 0 Å². The summed E-state index contributed by atoms with van der Waals surface area (Å²) >= 11 is 4.98. The van der Waals surface area contributed by atoms with Crippen LogP contribution >= 0.6 is 12.2 Å². The van der Waals surface area contributed by atoms with Crippen molar-refractivity contribution in [2.45, 2.75) is 6.92 Å². The maximum Gasteiger partial charge on any atom is 0.185 e. The van der Waals surface area contributed by atoms with Gasteiger partial charge >= 0.3 is 0 Å². The minimum atomic E-state index is 0.229. The molecule has 4 N–H and O–H groups in total. The third-order valence-electron chi connectivity index (χ3n) is 1.88. The average molecular weight is 237 g/mol. The Hall–Kier alpha value is -1.75. The van der Waals surface area contributed by atoms with Gasteiger partial charge < -0.3 is 10.4 Å². The Labute approximate surface area is 100 Å². The minimum absolute atomic E-state index is 0.229. The van der Waals surface area contributed by atoms with E-state index in [1.807, 2.05) is 6.92 Å². The van der Waals surface area contributed by atoms with Gasteiger partial charge in [-0.15, -0.1) is 0 Å². The topological polar surface area (TPSA) is 56.3 Å². The highest BCUT2D eigenvalue weighted by molar-refractivity contribution is 7.80. The molecule has 0 aliphatic rings. The van der Waals surface area contributed by atoms with E-state index in [1.165, 1.54) is 0 Å². The maximum atomic E-state index is 9.13. The van der Waals surface area contributed by atoms with Crippen molar-refractivity contribution in [1.82, 2.24) is 16.2 Å². The lowest BCUT2D eigenvalue weighted by atomic mass is 10.2. The van der Waals surface area contributed by atoms with Crippen molar-refractivity contribution >= 4 is 23.0 Å². The number of phenolic OH excluding ortho intramolecular Hbond substituents is 1. The molecule has 0 heterocycles.